The molecule has 0 amide bonds. The van der Waals surface area contributed by atoms with Crippen LogP contribution in [0.25, 0.3) is 0 Å². The molecule has 0 aliphatic carbocycles. The number of non-ortho nitro benzene ring substituents is 1. The number of nitro benzene ring substituents is 1. The van der Waals surface area contributed by atoms with Crippen LogP contribution in [-0.2, 0) is 16.1 Å². The average Bonchev–Trinajstić information content (AvgIpc) is 2.65. The number of carbonyl (C=O) groups is 2. The van der Waals surface area contributed by atoms with Crippen molar-refractivity contribution >= 4 is 17.6 Å². The highest BCUT2D eigenvalue weighted by Crippen LogP contribution is 2.20. The van der Waals surface area contributed by atoms with Gasteiger partial charge in [-0.25, -0.2) is 9.59 Å². The molecule has 0 bridgehead atoms. The van der Waals surface area contributed by atoms with Crippen LogP contribution in [0.3, 0.4) is 0 Å². The summed E-state index contributed by atoms with van der Waals surface area (Å²) in [6, 6.07) is 11.0. The molecule has 0 N–H and O–H groups in total. The second-order valence-electron chi connectivity index (χ2n) is 5.99. The Hall–Kier alpha value is -3.22. The zero-order chi connectivity index (χ0) is 19.3. The molecule has 0 aromatic heterocycles. The molecule has 0 spiro atoms. The average molecular weight is 357 g/mol. The Morgan fingerprint density at radius 2 is 1.62 bits per heavy atom. The van der Waals surface area contributed by atoms with Gasteiger partial charge in [0.25, 0.3) is 5.69 Å². The van der Waals surface area contributed by atoms with Gasteiger partial charge in [0, 0.05) is 12.1 Å². The van der Waals surface area contributed by atoms with Crippen molar-refractivity contribution in [3.05, 3.63) is 74.8 Å². The predicted octanol–water partition coefficient (Wildman–Crippen LogP) is 3.86. The van der Waals surface area contributed by atoms with Crippen molar-refractivity contribution < 1.29 is 24.0 Å². The number of carbonyl (C=O) groups excluding carboxylic acids is 2. The summed E-state index contributed by atoms with van der Waals surface area (Å²) in [7, 11) is 1.15. The Bertz CT molecular complexity index is 826. The number of methoxy groups -OCH3 is 1. The Morgan fingerprint density at radius 3 is 2.12 bits per heavy atom. The first kappa shape index (κ1) is 19.1. The van der Waals surface area contributed by atoms with Crippen LogP contribution < -0.4 is 0 Å². The maximum absolute atomic E-state index is 12.2. The SMILES string of the molecule is COC(=O)c1cc(C(=O)OCc2ccc(C(C)C)cc2)cc([N+](=O)[O-])c1. The van der Waals surface area contributed by atoms with E-state index in [2.05, 4.69) is 18.6 Å². The van der Waals surface area contributed by atoms with E-state index < -0.39 is 16.9 Å². The largest absolute Gasteiger partial charge is 0.465 e. The lowest BCUT2D eigenvalue weighted by Gasteiger charge is -2.08. The minimum atomic E-state index is -0.771. The monoisotopic (exact) mass is 357 g/mol. The van der Waals surface area contributed by atoms with E-state index in [4.69, 9.17) is 4.74 Å². The summed E-state index contributed by atoms with van der Waals surface area (Å²) in [5.74, 6) is -1.13. The van der Waals surface area contributed by atoms with Crippen LogP contribution >= 0.6 is 0 Å². The second-order valence-corrected chi connectivity index (χ2v) is 5.99. The van der Waals surface area contributed by atoms with Crippen molar-refractivity contribution in [2.24, 2.45) is 0 Å². The van der Waals surface area contributed by atoms with Gasteiger partial charge in [0.05, 0.1) is 23.2 Å². The first-order chi connectivity index (χ1) is 12.3. The Labute approximate surface area is 150 Å². The topological polar surface area (TPSA) is 95.7 Å². The molecular formula is C19H19NO6. The molecule has 2 aromatic carbocycles. The molecule has 7 heteroatoms. The maximum atomic E-state index is 12.2. The van der Waals surface area contributed by atoms with Crippen LogP contribution in [0.2, 0.25) is 0 Å². The van der Waals surface area contributed by atoms with E-state index in [1.54, 1.807) is 0 Å². The van der Waals surface area contributed by atoms with E-state index >= 15 is 0 Å². The minimum Gasteiger partial charge on any atom is -0.465 e. The van der Waals surface area contributed by atoms with Crippen molar-refractivity contribution in [3.63, 3.8) is 0 Å². The van der Waals surface area contributed by atoms with Gasteiger partial charge in [-0.15, -0.1) is 0 Å². The van der Waals surface area contributed by atoms with Crippen LogP contribution in [-0.4, -0.2) is 24.0 Å². The number of esters is 2. The standard InChI is InChI=1S/C19H19NO6/c1-12(2)14-6-4-13(5-7-14)11-26-19(22)16-8-15(18(21)25-3)9-17(10-16)20(23)24/h4-10,12H,11H2,1-3H3. The molecule has 0 fully saturated rings. The number of hydrogen-bond donors (Lipinski definition) is 0. The van der Waals surface area contributed by atoms with Gasteiger partial charge >= 0.3 is 11.9 Å². The Morgan fingerprint density at radius 1 is 1.04 bits per heavy atom. The van der Waals surface area contributed by atoms with Crippen molar-refractivity contribution in [1.82, 2.24) is 0 Å². The van der Waals surface area contributed by atoms with Gasteiger partial charge in [-0.3, -0.25) is 10.1 Å². The first-order valence-electron chi connectivity index (χ1n) is 7.95. The molecule has 0 aliphatic heterocycles. The first-order valence-corrected chi connectivity index (χ1v) is 7.95. The summed E-state index contributed by atoms with van der Waals surface area (Å²) in [5, 5.41) is 11.0. The van der Waals surface area contributed by atoms with Crippen molar-refractivity contribution in [2.75, 3.05) is 7.11 Å². The molecule has 0 radical (unpaired) electrons. The Balaban J connectivity index is 2.16. The second kappa shape index (κ2) is 8.24. The molecule has 26 heavy (non-hydrogen) atoms. The molecular weight excluding hydrogens is 338 g/mol. The summed E-state index contributed by atoms with van der Waals surface area (Å²) in [6.07, 6.45) is 0. The lowest BCUT2D eigenvalue weighted by molar-refractivity contribution is -0.384. The fraction of sp³-hybridized carbons (Fsp3) is 0.263. The van der Waals surface area contributed by atoms with Crippen LogP contribution in [0.15, 0.2) is 42.5 Å². The maximum Gasteiger partial charge on any atom is 0.338 e. The summed E-state index contributed by atoms with van der Waals surface area (Å²) in [6.45, 7) is 4.18. The van der Waals surface area contributed by atoms with E-state index in [0.717, 1.165) is 24.8 Å². The molecule has 2 rings (SSSR count). The number of benzene rings is 2. The van der Waals surface area contributed by atoms with Crippen LogP contribution in [0, 0.1) is 10.1 Å². The lowest BCUT2D eigenvalue weighted by atomic mass is 10.0. The molecule has 0 unspecified atom stereocenters. The van der Waals surface area contributed by atoms with E-state index in [1.807, 2.05) is 24.3 Å². The Kier molecular flexibility index (Phi) is 6.06. The normalized spacial score (nSPS) is 10.5. The van der Waals surface area contributed by atoms with E-state index in [-0.39, 0.29) is 23.4 Å². The van der Waals surface area contributed by atoms with Gasteiger partial charge in [-0.05, 0) is 23.1 Å². The van der Waals surface area contributed by atoms with Crippen molar-refractivity contribution in [2.45, 2.75) is 26.4 Å². The number of hydrogen-bond acceptors (Lipinski definition) is 6. The summed E-state index contributed by atoms with van der Waals surface area (Å²) in [4.78, 5) is 34.2. The highest BCUT2D eigenvalue weighted by Gasteiger charge is 2.19. The fourth-order valence-corrected chi connectivity index (χ4v) is 2.30. The highest BCUT2D eigenvalue weighted by molar-refractivity contribution is 5.96. The highest BCUT2D eigenvalue weighted by atomic mass is 16.6. The van der Waals surface area contributed by atoms with Gasteiger partial charge < -0.3 is 9.47 Å². The molecule has 0 saturated heterocycles. The lowest BCUT2D eigenvalue weighted by Crippen LogP contribution is -2.09. The summed E-state index contributed by atoms with van der Waals surface area (Å²) >= 11 is 0. The molecule has 0 aliphatic rings. The number of rotatable bonds is 6. The third-order valence-electron chi connectivity index (χ3n) is 3.80. The molecule has 0 heterocycles. The third-order valence-corrected chi connectivity index (χ3v) is 3.80. The van der Waals surface area contributed by atoms with E-state index in [0.29, 0.717) is 5.92 Å². The van der Waals surface area contributed by atoms with Crippen molar-refractivity contribution in [1.29, 1.82) is 0 Å². The van der Waals surface area contributed by atoms with Gasteiger partial charge in [0.1, 0.15) is 6.61 Å². The van der Waals surface area contributed by atoms with Gasteiger partial charge in [-0.2, -0.15) is 0 Å². The molecule has 0 saturated carbocycles. The summed E-state index contributed by atoms with van der Waals surface area (Å²) in [5.41, 5.74) is 1.40. The van der Waals surface area contributed by atoms with Crippen LogP contribution in [0.1, 0.15) is 51.6 Å². The van der Waals surface area contributed by atoms with Gasteiger partial charge in [0.2, 0.25) is 0 Å². The zero-order valence-corrected chi connectivity index (χ0v) is 14.7. The summed E-state index contributed by atoms with van der Waals surface area (Å²) < 4.78 is 9.76. The predicted molar refractivity (Wildman–Crippen MR) is 94.1 cm³/mol. The minimum absolute atomic E-state index is 0.0213. The molecule has 2 aromatic rings. The molecule has 0 atom stereocenters. The van der Waals surface area contributed by atoms with E-state index in [1.165, 1.54) is 11.6 Å². The number of nitrogens with zero attached hydrogens (tertiary/aromatic N) is 1. The van der Waals surface area contributed by atoms with Crippen molar-refractivity contribution in [3.8, 4) is 0 Å². The fourth-order valence-electron chi connectivity index (χ4n) is 2.30. The number of nitro groups is 1. The molecule has 136 valence electrons. The van der Waals surface area contributed by atoms with Crippen LogP contribution in [0.4, 0.5) is 5.69 Å². The van der Waals surface area contributed by atoms with Crippen LogP contribution in [0.5, 0.6) is 0 Å². The van der Waals surface area contributed by atoms with Gasteiger partial charge in [0.15, 0.2) is 0 Å². The zero-order valence-electron chi connectivity index (χ0n) is 14.7. The third kappa shape index (κ3) is 4.66. The quantitative estimate of drug-likeness (QED) is 0.442. The van der Waals surface area contributed by atoms with E-state index in [9.17, 15) is 19.7 Å². The molecule has 7 nitrogen and oxygen atoms in total. The smallest absolute Gasteiger partial charge is 0.338 e. The van der Waals surface area contributed by atoms with Gasteiger partial charge in [-0.1, -0.05) is 38.1 Å². The number of ether oxygens (including phenoxy) is 2.